The molecule has 6 nitrogen and oxygen atoms in total. The molecule has 0 spiro atoms. The zero-order chi connectivity index (χ0) is 9.19. The van der Waals surface area contributed by atoms with Crippen LogP contribution in [0.4, 0.5) is 0 Å². The summed E-state index contributed by atoms with van der Waals surface area (Å²) in [5.74, 6) is 0. The number of rotatable bonds is 3. The molecule has 0 saturated carbocycles. The molecule has 1 rings (SSSR count). The molecule has 0 saturated heterocycles. The van der Waals surface area contributed by atoms with E-state index in [9.17, 15) is 8.42 Å². The lowest BCUT2D eigenvalue weighted by molar-refractivity contribution is 0.558. The number of nitrogens with two attached hydrogens (primary N) is 1. The Morgan fingerprint density at radius 3 is 2.83 bits per heavy atom. The molecule has 0 atom stereocenters. The van der Waals surface area contributed by atoms with E-state index < -0.39 is 10.0 Å². The highest BCUT2D eigenvalue weighted by Gasteiger charge is 2.15. The predicted octanol–water partition coefficient (Wildman–Crippen LogP) is -0.664. The topological polar surface area (TPSA) is 90.9 Å². The Morgan fingerprint density at radius 1 is 1.67 bits per heavy atom. The van der Waals surface area contributed by atoms with Crippen molar-refractivity contribution in [2.24, 2.45) is 5.14 Å². The van der Waals surface area contributed by atoms with Gasteiger partial charge in [-0.1, -0.05) is 6.92 Å². The number of aromatic nitrogens is 3. The van der Waals surface area contributed by atoms with E-state index in [2.05, 4.69) is 10.2 Å². The van der Waals surface area contributed by atoms with Gasteiger partial charge < -0.3 is 4.57 Å². The third-order valence-electron chi connectivity index (χ3n) is 1.30. The Balaban J connectivity index is 3.08. The maximum Gasteiger partial charge on any atom is 0.273 e. The van der Waals surface area contributed by atoms with E-state index in [1.807, 2.05) is 6.92 Å². The van der Waals surface area contributed by atoms with Crippen LogP contribution in [-0.2, 0) is 16.6 Å². The maximum atomic E-state index is 10.8. The SMILES string of the molecule is CCCn1cnnc1S(N)(=O)=O. The lowest BCUT2D eigenvalue weighted by Crippen LogP contribution is -2.18. The molecule has 0 radical (unpaired) electrons. The van der Waals surface area contributed by atoms with E-state index in [4.69, 9.17) is 5.14 Å². The number of hydrogen-bond acceptors (Lipinski definition) is 4. The third-order valence-corrected chi connectivity index (χ3v) is 2.12. The van der Waals surface area contributed by atoms with Gasteiger partial charge in [-0.25, -0.2) is 13.6 Å². The highest BCUT2D eigenvalue weighted by Crippen LogP contribution is 2.01. The summed E-state index contributed by atoms with van der Waals surface area (Å²) in [5, 5.41) is 11.6. The third kappa shape index (κ3) is 1.80. The van der Waals surface area contributed by atoms with Gasteiger partial charge in [-0.15, -0.1) is 10.2 Å². The van der Waals surface area contributed by atoms with Crippen LogP contribution in [0.3, 0.4) is 0 Å². The van der Waals surface area contributed by atoms with Gasteiger partial charge in [-0.3, -0.25) is 0 Å². The molecular formula is C5H10N4O2S. The average molecular weight is 190 g/mol. The molecule has 0 unspecified atom stereocenters. The highest BCUT2D eigenvalue weighted by atomic mass is 32.2. The summed E-state index contributed by atoms with van der Waals surface area (Å²) in [6.07, 6.45) is 2.16. The molecule has 1 aromatic rings. The van der Waals surface area contributed by atoms with Crippen molar-refractivity contribution >= 4 is 10.0 Å². The summed E-state index contributed by atoms with van der Waals surface area (Å²) in [6.45, 7) is 2.48. The Bertz CT molecular complexity index is 355. The van der Waals surface area contributed by atoms with Crippen LogP contribution in [0.25, 0.3) is 0 Å². The van der Waals surface area contributed by atoms with Crippen molar-refractivity contribution in [1.29, 1.82) is 0 Å². The fourth-order valence-electron chi connectivity index (χ4n) is 0.859. The van der Waals surface area contributed by atoms with E-state index in [-0.39, 0.29) is 5.16 Å². The number of sulfonamides is 1. The fraction of sp³-hybridized carbons (Fsp3) is 0.600. The van der Waals surface area contributed by atoms with Gasteiger partial charge in [-0.2, -0.15) is 0 Å². The highest BCUT2D eigenvalue weighted by molar-refractivity contribution is 7.89. The van der Waals surface area contributed by atoms with E-state index in [0.717, 1.165) is 6.42 Å². The lowest BCUT2D eigenvalue weighted by Gasteiger charge is -2.00. The molecule has 0 aliphatic heterocycles. The first-order valence-electron chi connectivity index (χ1n) is 3.46. The summed E-state index contributed by atoms with van der Waals surface area (Å²) < 4.78 is 23.1. The Labute approximate surface area is 70.5 Å². The van der Waals surface area contributed by atoms with Crippen LogP contribution in [0, 0.1) is 0 Å². The monoisotopic (exact) mass is 190 g/mol. The van der Waals surface area contributed by atoms with Crippen molar-refractivity contribution in [1.82, 2.24) is 14.8 Å². The molecule has 0 aliphatic rings. The molecule has 12 heavy (non-hydrogen) atoms. The van der Waals surface area contributed by atoms with Crippen molar-refractivity contribution in [2.45, 2.75) is 25.0 Å². The molecule has 1 heterocycles. The summed E-state index contributed by atoms with van der Waals surface area (Å²) in [4.78, 5) is 0. The zero-order valence-electron chi connectivity index (χ0n) is 6.64. The second kappa shape index (κ2) is 3.20. The largest absolute Gasteiger partial charge is 0.303 e. The van der Waals surface area contributed by atoms with Gasteiger partial charge in [-0.05, 0) is 6.42 Å². The van der Waals surface area contributed by atoms with Crippen molar-refractivity contribution in [3.63, 3.8) is 0 Å². The summed E-state index contributed by atoms with van der Waals surface area (Å²) in [7, 11) is -3.72. The van der Waals surface area contributed by atoms with Crippen LogP contribution in [0.1, 0.15) is 13.3 Å². The number of hydrogen-bond donors (Lipinski definition) is 1. The van der Waals surface area contributed by atoms with Crippen LogP contribution in [0.2, 0.25) is 0 Å². The van der Waals surface area contributed by atoms with Gasteiger partial charge in [0.2, 0.25) is 0 Å². The normalized spacial score (nSPS) is 11.8. The van der Waals surface area contributed by atoms with E-state index in [1.54, 1.807) is 0 Å². The number of nitrogens with zero attached hydrogens (tertiary/aromatic N) is 3. The molecule has 0 bridgehead atoms. The molecule has 0 amide bonds. The summed E-state index contributed by atoms with van der Waals surface area (Å²) >= 11 is 0. The van der Waals surface area contributed by atoms with Crippen LogP contribution in [0.15, 0.2) is 11.5 Å². The molecule has 0 aliphatic carbocycles. The standard InChI is InChI=1S/C5H10N4O2S/c1-2-3-9-4-7-8-5(9)12(6,10)11/h4H,2-3H2,1H3,(H2,6,10,11). The molecule has 7 heteroatoms. The van der Waals surface area contributed by atoms with Crippen molar-refractivity contribution in [2.75, 3.05) is 0 Å². The Kier molecular flexibility index (Phi) is 2.43. The van der Waals surface area contributed by atoms with Crippen LogP contribution in [-0.4, -0.2) is 23.2 Å². The smallest absolute Gasteiger partial charge is 0.273 e. The second-order valence-electron chi connectivity index (χ2n) is 2.35. The van der Waals surface area contributed by atoms with Gasteiger partial charge in [0.1, 0.15) is 6.33 Å². The van der Waals surface area contributed by atoms with Crippen molar-refractivity contribution < 1.29 is 8.42 Å². The van der Waals surface area contributed by atoms with Crippen LogP contribution in [0.5, 0.6) is 0 Å². The predicted molar refractivity (Wildman–Crippen MR) is 41.7 cm³/mol. The first-order valence-corrected chi connectivity index (χ1v) is 5.01. The molecule has 0 aromatic carbocycles. The van der Waals surface area contributed by atoms with Crippen LogP contribution < -0.4 is 5.14 Å². The summed E-state index contributed by atoms with van der Waals surface area (Å²) in [5.41, 5.74) is 0. The van der Waals surface area contributed by atoms with E-state index in [1.165, 1.54) is 10.9 Å². The fourth-order valence-corrected chi connectivity index (χ4v) is 1.49. The molecule has 0 fully saturated rings. The average Bonchev–Trinajstić information content (AvgIpc) is 2.34. The van der Waals surface area contributed by atoms with E-state index in [0.29, 0.717) is 6.54 Å². The Hall–Kier alpha value is -0.950. The first-order chi connectivity index (χ1) is 5.55. The Morgan fingerprint density at radius 2 is 2.33 bits per heavy atom. The summed E-state index contributed by atoms with van der Waals surface area (Å²) in [6, 6.07) is 0. The minimum Gasteiger partial charge on any atom is -0.303 e. The number of aryl methyl sites for hydroxylation is 1. The van der Waals surface area contributed by atoms with Gasteiger partial charge in [0, 0.05) is 6.54 Å². The first kappa shape index (κ1) is 9.14. The van der Waals surface area contributed by atoms with Gasteiger partial charge in [0.15, 0.2) is 0 Å². The lowest BCUT2D eigenvalue weighted by atomic mass is 10.5. The van der Waals surface area contributed by atoms with Gasteiger partial charge >= 0.3 is 0 Å². The molecule has 68 valence electrons. The quantitative estimate of drug-likeness (QED) is 0.684. The van der Waals surface area contributed by atoms with Gasteiger partial charge in [0.25, 0.3) is 15.2 Å². The van der Waals surface area contributed by atoms with Crippen LogP contribution >= 0.6 is 0 Å². The minimum atomic E-state index is -3.72. The maximum absolute atomic E-state index is 10.8. The van der Waals surface area contributed by atoms with Crippen molar-refractivity contribution in [3.8, 4) is 0 Å². The van der Waals surface area contributed by atoms with E-state index >= 15 is 0 Å². The molecule has 1 aromatic heterocycles. The zero-order valence-corrected chi connectivity index (χ0v) is 7.45. The number of primary sulfonamides is 1. The molecule has 2 N–H and O–H groups in total. The van der Waals surface area contributed by atoms with Gasteiger partial charge in [0.05, 0.1) is 0 Å². The minimum absolute atomic E-state index is 0.177. The molecular weight excluding hydrogens is 180 g/mol. The van der Waals surface area contributed by atoms with Crippen molar-refractivity contribution in [3.05, 3.63) is 6.33 Å². The second-order valence-corrected chi connectivity index (χ2v) is 3.81.